The summed E-state index contributed by atoms with van der Waals surface area (Å²) in [6, 6.07) is 13.6. The number of carbonyl (C=O) groups excluding carboxylic acids is 3. The SMILES string of the molecule is CCNC(=O)CN(CC)C(=O)C1CCCN(C(=O)c2cccc3ccccc23)C1. The summed E-state index contributed by atoms with van der Waals surface area (Å²) < 4.78 is 0. The third-order valence-electron chi connectivity index (χ3n) is 5.48. The summed E-state index contributed by atoms with van der Waals surface area (Å²) in [6.45, 7) is 5.86. The highest BCUT2D eigenvalue weighted by atomic mass is 16.2. The van der Waals surface area contributed by atoms with Gasteiger partial charge in [-0.05, 0) is 43.5 Å². The number of benzene rings is 2. The van der Waals surface area contributed by atoms with Crippen molar-refractivity contribution in [2.24, 2.45) is 5.92 Å². The molecule has 0 bridgehead atoms. The van der Waals surface area contributed by atoms with Gasteiger partial charge in [-0.1, -0.05) is 36.4 Å². The van der Waals surface area contributed by atoms with E-state index >= 15 is 0 Å². The van der Waals surface area contributed by atoms with Crippen molar-refractivity contribution in [2.75, 3.05) is 32.7 Å². The van der Waals surface area contributed by atoms with Gasteiger partial charge in [-0.25, -0.2) is 0 Å². The number of likely N-dealkylation sites (N-methyl/N-ethyl adjacent to an activating group) is 2. The van der Waals surface area contributed by atoms with Crippen molar-refractivity contribution < 1.29 is 14.4 Å². The molecule has 1 fully saturated rings. The molecule has 0 aliphatic carbocycles. The summed E-state index contributed by atoms with van der Waals surface area (Å²) in [6.07, 6.45) is 1.52. The zero-order chi connectivity index (χ0) is 20.8. The number of fused-ring (bicyclic) bond motifs is 1. The lowest BCUT2D eigenvalue weighted by Crippen LogP contribution is -2.49. The summed E-state index contributed by atoms with van der Waals surface area (Å²) in [5.74, 6) is -0.500. The van der Waals surface area contributed by atoms with Crippen LogP contribution in [0.25, 0.3) is 10.8 Å². The van der Waals surface area contributed by atoms with Crippen molar-refractivity contribution >= 4 is 28.5 Å². The lowest BCUT2D eigenvalue weighted by Gasteiger charge is -2.34. The van der Waals surface area contributed by atoms with E-state index in [9.17, 15) is 14.4 Å². The van der Waals surface area contributed by atoms with Crippen molar-refractivity contribution in [3.05, 3.63) is 48.0 Å². The number of rotatable bonds is 6. The van der Waals surface area contributed by atoms with Gasteiger partial charge >= 0.3 is 0 Å². The number of nitrogens with one attached hydrogen (secondary N) is 1. The second-order valence-electron chi connectivity index (χ2n) is 7.42. The summed E-state index contributed by atoms with van der Waals surface area (Å²) in [5.41, 5.74) is 0.672. The Hall–Kier alpha value is -2.89. The summed E-state index contributed by atoms with van der Waals surface area (Å²) in [4.78, 5) is 41.5. The minimum atomic E-state index is -0.267. The molecule has 2 aromatic carbocycles. The van der Waals surface area contributed by atoms with E-state index in [1.165, 1.54) is 0 Å². The average Bonchev–Trinajstić information content (AvgIpc) is 2.76. The zero-order valence-electron chi connectivity index (χ0n) is 17.2. The van der Waals surface area contributed by atoms with Gasteiger partial charge < -0.3 is 15.1 Å². The van der Waals surface area contributed by atoms with E-state index < -0.39 is 0 Å². The molecule has 154 valence electrons. The van der Waals surface area contributed by atoms with Gasteiger partial charge in [-0.2, -0.15) is 0 Å². The number of hydrogen-bond donors (Lipinski definition) is 1. The van der Waals surface area contributed by atoms with Crippen LogP contribution < -0.4 is 5.32 Å². The highest BCUT2D eigenvalue weighted by Gasteiger charge is 2.32. The maximum absolute atomic E-state index is 13.2. The molecule has 2 aromatic rings. The molecule has 6 heteroatoms. The Morgan fingerprint density at radius 3 is 2.62 bits per heavy atom. The fourth-order valence-electron chi connectivity index (χ4n) is 3.98. The Morgan fingerprint density at radius 2 is 1.86 bits per heavy atom. The van der Waals surface area contributed by atoms with Gasteiger partial charge in [0, 0.05) is 31.7 Å². The summed E-state index contributed by atoms with van der Waals surface area (Å²) in [7, 11) is 0. The predicted molar refractivity (Wildman–Crippen MR) is 114 cm³/mol. The van der Waals surface area contributed by atoms with Crippen LogP contribution >= 0.6 is 0 Å². The van der Waals surface area contributed by atoms with Gasteiger partial charge in [0.05, 0.1) is 12.5 Å². The molecule has 1 atom stereocenters. The Labute approximate surface area is 171 Å². The molecule has 3 amide bonds. The lowest BCUT2D eigenvalue weighted by atomic mass is 9.95. The van der Waals surface area contributed by atoms with Crippen LogP contribution in [0.4, 0.5) is 0 Å². The summed E-state index contributed by atoms with van der Waals surface area (Å²) in [5, 5.41) is 4.70. The van der Waals surface area contributed by atoms with E-state index in [-0.39, 0.29) is 30.2 Å². The van der Waals surface area contributed by atoms with Crippen LogP contribution in [0.2, 0.25) is 0 Å². The average molecular weight is 396 g/mol. The second-order valence-corrected chi connectivity index (χ2v) is 7.42. The zero-order valence-corrected chi connectivity index (χ0v) is 17.2. The third kappa shape index (κ3) is 4.75. The van der Waals surface area contributed by atoms with Crippen LogP contribution in [-0.2, 0) is 9.59 Å². The molecular formula is C23H29N3O3. The van der Waals surface area contributed by atoms with Gasteiger partial charge in [-0.15, -0.1) is 0 Å². The van der Waals surface area contributed by atoms with Crippen LogP contribution in [-0.4, -0.2) is 60.2 Å². The van der Waals surface area contributed by atoms with Crippen LogP contribution in [0.5, 0.6) is 0 Å². The first kappa shape index (κ1) is 20.8. The van der Waals surface area contributed by atoms with Crippen LogP contribution in [0.15, 0.2) is 42.5 Å². The molecule has 3 rings (SSSR count). The normalized spacial score (nSPS) is 16.5. The Morgan fingerprint density at radius 1 is 1.10 bits per heavy atom. The number of amides is 3. The van der Waals surface area contributed by atoms with Crippen LogP contribution in [0.1, 0.15) is 37.0 Å². The molecule has 0 aromatic heterocycles. The standard InChI is InChI=1S/C23H29N3O3/c1-3-24-21(27)16-25(4-2)22(28)18-11-8-14-26(15-18)23(29)20-13-7-10-17-9-5-6-12-19(17)20/h5-7,9-10,12-13,18H,3-4,8,11,14-16H2,1-2H3,(H,24,27). The minimum Gasteiger partial charge on any atom is -0.355 e. The van der Waals surface area contributed by atoms with E-state index in [2.05, 4.69) is 5.32 Å². The number of piperidine rings is 1. The van der Waals surface area contributed by atoms with E-state index in [1.807, 2.05) is 56.3 Å². The van der Waals surface area contributed by atoms with Crippen molar-refractivity contribution in [2.45, 2.75) is 26.7 Å². The van der Waals surface area contributed by atoms with Crippen LogP contribution in [0.3, 0.4) is 0 Å². The van der Waals surface area contributed by atoms with Gasteiger partial charge in [0.15, 0.2) is 0 Å². The van der Waals surface area contributed by atoms with Crippen molar-refractivity contribution in [1.82, 2.24) is 15.1 Å². The van der Waals surface area contributed by atoms with E-state index in [0.29, 0.717) is 31.7 Å². The maximum Gasteiger partial charge on any atom is 0.254 e. The van der Waals surface area contributed by atoms with Gasteiger partial charge in [0.1, 0.15) is 0 Å². The number of nitrogens with zero attached hydrogens (tertiary/aromatic N) is 2. The Balaban J connectivity index is 1.73. The van der Waals surface area contributed by atoms with E-state index in [0.717, 1.165) is 23.6 Å². The molecule has 6 nitrogen and oxygen atoms in total. The smallest absolute Gasteiger partial charge is 0.254 e. The van der Waals surface area contributed by atoms with Gasteiger partial charge in [0.25, 0.3) is 5.91 Å². The monoisotopic (exact) mass is 395 g/mol. The molecule has 0 saturated carbocycles. The molecule has 1 unspecified atom stereocenters. The lowest BCUT2D eigenvalue weighted by molar-refractivity contribution is -0.140. The molecule has 0 spiro atoms. The second kappa shape index (κ2) is 9.54. The fourth-order valence-corrected chi connectivity index (χ4v) is 3.98. The number of carbonyl (C=O) groups is 3. The molecule has 29 heavy (non-hydrogen) atoms. The van der Waals surface area contributed by atoms with Crippen LogP contribution in [0, 0.1) is 5.92 Å². The number of hydrogen-bond acceptors (Lipinski definition) is 3. The van der Waals surface area contributed by atoms with Crippen molar-refractivity contribution in [3.63, 3.8) is 0 Å². The molecule has 1 heterocycles. The molecular weight excluding hydrogens is 366 g/mol. The molecule has 1 N–H and O–H groups in total. The third-order valence-corrected chi connectivity index (χ3v) is 5.48. The molecule has 1 aliphatic heterocycles. The van der Waals surface area contributed by atoms with Crippen molar-refractivity contribution in [1.29, 1.82) is 0 Å². The first-order valence-corrected chi connectivity index (χ1v) is 10.4. The first-order chi connectivity index (χ1) is 14.0. The van der Waals surface area contributed by atoms with Gasteiger partial charge in [0.2, 0.25) is 11.8 Å². The fraction of sp³-hybridized carbons (Fsp3) is 0.435. The van der Waals surface area contributed by atoms with Crippen molar-refractivity contribution in [3.8, 4) is 0 Å². The number of likely N-dealkylation sites (tertiary alicyclic amines) is 1. The summed E-state index contributed by atoms with van der Waals surface area (Å²) >= 11 is 0. The molecule has 0 radical (unpaired) electrons. The molecule has 1 aliphatic rings. The maximum atomic E-state index is 13.2. The highest BCUT2D eigenvalue weighted by molar-refractivity contribution is 6.07. The Kier molecular flexibility index (Phi) is 6.86. The first-order valence-electron chi connectivity index (χ1n) is 10.4. The predicted octanol–water partition coefficient (Wildman–Crippen LogP) is 2.68. The highest BCUT2D eigenvalue weighted by Crippen LogP contribution is 2.24. The van der Waals surface area contributed by atoms with E-state index in [1.54, 1.807) is 9.80 Å². The topological polar surface area (TPSA) is 69.7 Å². The minimum absolute atomic E-state index is 0.0360. The quantitative estimate of drug-likeness (QED) is 0.818. The largest absolute Gasteiger partial charge is 0.355 e. The van der Waals surface area contributed by atoms with E-state index in [4.69, 9.17) is 0 Å². The van der Waals surface area contributed by atoms with Gasteiger partial charge in [-0.3, -0.25) is 14.4 Å². The molecule has 1 saturated heterocycles. The Bertz CT molecular complexity index is 891.